The Balaban J connectivity index is 0. The average Bonchev–Trinajstić information content (AvgIpc) is 1.97. The molecular formula is C6H6ClNO5. The van der Waals surface area contributed by atoms with Gasteiger partial charge in [-0.05, 0) is 6.08 Å². The molecule has 7 heteroatoms. The average molecular weight is 208 g/mol. The number of ether oxygens (including phenoxy) is 1. The Morgan fingerprint density at radius 3 is 2.31 bits per heavy atom. The van der Waals surface area contributed by atoms with Crippen molar-refractivity contribution < 1.29 is 24.5 Å². The van der Waals surface area contributed by atoms with E-state index < -0.39 is 11.6 Å². The fourth-order valence-corrected chi connectivity index (χ4v) is 0.277. The zero-order chi connectivity index (χ0) is 10.7. The van der Waals surface area contributed by atoms with Gasteiger partial charge in [0.25, 0.3) is 0 Å². The van der Waals surface area contributed by atoms with Crippen LogP contribution in [0.2, 0.25) is 0 Å². The molecular weight excluding hydrogens is 202 g/mol. The van der Waals surface area contributed by atoms with Gasteiger partial charge < -0.3 is 14.9 Å². The lowest BCUT2D eigenvalue weighted by Crippen LogP contribution is -1.91. The summed E-state index contributed by atoms with van der Waals surface area (Å²) >= 11 is 4.78. The maximum Gasteiger partial charge on any atom is 0.503 e. The van der Waals surface area contributed by atoms with Crippen molar-refractivity contribution in [2.45, 2.75) is 0 Å². The Morgan fingerprint density at radius 1 is 1.54 bits per heavy atom. The van der Waals surface area contributed by atoms with Crippen LogP contribution < -0.4 is 0 Å². The highest BCUT2D eigenvalue weighted by Crippen LogP contribution is 1.85. The van der Waals surface area contributed by atoms with Gasteiger partial charge in [0.2, 0.25) is 0 Å². The second-order valence-electron chi connectivity index (χ2n) is 1.36. The van der Waals surface area contributed by atoms with E-state index in [1.54, 1.807) is 6.07 Å². The van der Waals surface area contributed by atoms with Gasteiger partial charge in [-0.25, -0.2) is 9.59 Å². The summed E-state index contributed by atoms with van der Waals surface area (Å²) in [6.07, 6.45) is 0.764. The second-order valence-corrected chi connectivity index (χ2v) is 1.67. The van der Waals surface area contributed by atoms with Gasteiger partial charge in [-0.2, -0.15) is 5.26 Å². The molecule has 0 saturated carbocycles. The van der Waals surface area contributed by atoms with Crippen LogP contribution in [0.4, 0.5) is 9.59 Å². The van der Waals surface area contributed by atoms with E-state index in [2.05, 4.69) is 4.74 Å². The monoisotopic (exact) mass is 207 g/mol. The predicted octanol–water partition coefficient (Wildman–Crippen LogP) is 1.66. The molecule has 0 aromatic rings. The molecule has 0 heterocycles. The van der Waals surface area contributed by atoms with E-state index in [0.29, 0.717) is 0 Å². The van der Waals surface area contributed by atoms with Gasteiger partial charge in [0, 0.05) is 17.7 Å². The van der Waals surface area contributed by atoms with E-state index in [1.807, 2.05) is 0 Å². The minimum atomic E-state index is -1.83. The van der Waals surface area contributed by atoms with Crippen LogP contribution in [-0.4, -0.2) is 28.4 Å². The van der Waals surface area contributed by atoms with Gasteiger partial charge in [-0.1, -0.05) is 0 Å². The predicted molar refractivity (Wildman–Crippen MR) is 42.6 cm³/mol. The van der Waals surface area contributed by atoms with E-state index >= 15 is 0 Å². The molecule has 0 fully saturated rings. The molecule has 0 aliphatic heterocycles. The summed E-state index contributed by atoms with van der Waals surface area (Å²) in [6.45, 7) is 0.0515. The summed E-state index contributed by atoms with van der Waals surface area (Å²) in [5.41, 5.74) is -0.863. The van der Waals surface area contributed by atoms with E-state index in [0.717, 1.165) is 0 Å². The van der Waals surface area contributed by atoms with E-state index in [9.17, 15) is 4.79 Å². The van der Waals surface area contributed by atoms with Gasteiger partial charge in [0.15, 0.2) is 0 Å². The lowest BCUT2D eigenvalue weighted by Gasteiger charge is -1.89. The molecule has 13 heavy (non-hydrogen) atoms. The zero-order valence-electron chi connectivity index (χ0n) is 6.31. The Labute approximate surface area is 78.6 Å². The van der Waals surface area contributed by atoms with Crippen LogP contribution in [0.1, 0.15) is 0 Å². The molecule has 0 spiro atoms. The van der Waals surface area contributed by atoms with E-state index in [-0.39, 0.29) is 6.61 Å². The highest BCUT2D eigenvalue weighted by Gasteiger charge is 1.88. The third kappa shape index (κ3) is 38.6. The summed E-state index contributed by atoms with van der Waals surface area (Å²) in [6, 6.07) is 1.73. The number of carbonyl (C=O) groups excluding carboxylic acids is 1. The van der Waals surface area contributed by atoms with Crippen LogP contribution >= 0.6 is 11.6 Å². The molecule has 0 rings (SSSR count). The Hall–Kier alpha value is -1.74. The summed E-state index contributed by atoms with van der Waals surface area (Å²) in [7, 11) is 0. The zero-order valence-corrected chi connectivity index (χ0v) is 7.06. The minimum absolute atomic E-state index is 0.0515. The fraction of sp³-hybridized carbons (Fsp3) is 0.167. The highest BCUT2D eigenvalue weighted by molar-refractivity contribution is 6.61. The number of halogens is 1. The highest BCUT2D eigenvalue weighted by atomic mass is 35.5. The molecule has 0 atom stereocenters. The van der Waals surface area contributed by atoms with Gasteiger partial charge in [-0.3, -0.25) is 0 Å². The fourth-order valence-electron chi connectivity index (χ4n) is 0.214. The SMILES string of the molecule is N#CC=CCOC(=O)Cl.O=C(O)O. The number of nitriles is 1. The molecule has 0 radical (unpaired) electrons. The first-order valence-electron chi connectivity index (χ1n) is 2.79. The Morgan fingerprint density at radius 2 is 2.00 bits per heavy atom. The van der Waals surface area contributed by atoms with E-state index in [4.69, 9.17) is 31.9 Å². The summed E-state index contributed by atoms with van der Waals surface area (Å²) in [5.74, 6) is 0. The largest absolute Gasteiger partial charge is 0.503 e. The number of hydrogen-bond acceptors (Lipinski definition) is 4. The first-order chi connectivity index (χ1) is 6.00. The van der Waals surface area contributed by atoms with Gasteiger partial charge in [0.05, 0.1) is 6.07 Å². The molecule has 72 valence electrons. The quantitative estimate of drug-likeness (QED) is 0.527. The van der Waals surface area contributed by atoms with E-state index in [1.165, 1.54) is 12.2 Å². The lowest BCUT2D eigenvalue weighted by atomic mass is 10.5. The molecule has 0 saturated heterocycles. The molecule has 0 aromatic carbocycles. The number of allylic oxidation sites excluding steroid dienone is 1. The summed E-state index contributed by atoms with van der Waals surface area (Å²) < 4.78 is 4.23. The summed E-state index contributed by atoms with van der Waals surface area (Å²) in [5, 5.41) is 21.9. The van der Waals surface area contributed by atoms with Crippen LogP contribution in [0.15, 0.2) is 12.2 Å². The Bertz CT molecular complexity index is 228. The van der Waals surface area contributed by atoms with Crippen molar-refractivity contribution in [3.63, 3.8) is 0 Å². The van der Waals surface area contributed by atoms with Crippen LogP contribution in [-0.2, 0) is 4.74 Å². The topological polar surface area (TPSA) is 108 Å². The first-order valence-corrected chi connectivity index (χ1v) is 3.17. The van der Waals surface area contributed by atoms with Gasteiger partial charge in [-0.15, -0.1) is 0 Å². The minimum Gasteiger partial charge on any atom is -0.450 e. The molecule has 6 nitrogen and oxygen atoms in total. The number of carbonyl (C=O) groups is 2. The molecule has 0 aliphatic carbocycles. The normalized spacial score (nSPS) is 8.00. The standard InChI is InChI=1S/C5H4ClNO2.CH2O3/c6-5(8)9-4-2-1-3-7;2-1(3)4/h1-2H,4H2;(H2,2,3,4). The molecule has 0 amide bonds. The number of carboxylic acid groups (broad SMARTS) is 2. The Kier molecular flexibility index (Phi) is 10.9. The van der Waals surface area contributed by atoms with Crippen molar-refractivity contribution in [2.75, 3.05) is 6.61 Å². The van der Waals surface area contributed by atoms with Crippen LogP contribution in [0.3, 0.4) is 0 Å². The maximum absolute atomic E-state index is 9.83. The van der Waals surface area contributed by atoms with Crippen molar-refractivity contribution in [3.05, 3.63) is 12.2 Å². The second kappa shape index (κ2) is 10.3. The smallest absolute Gasteiger partial charge is 0.450 e. The molecule has 0 aliphatic rings. The van der Waals surface area contributed by atoms with Crippen LogP contribution in [0.25, 0.3) is 0 Å². The first kappa shape index (κ1) is 13.8. The number of hydrogen-bond donors (Lipinski definition) is 2. The van der Waals surface area contributed by atoms with Crippen molar-refractivity contribution in [3.8, 4) is 6.07 Å². The molecule has 0 bridgehead atoms. The molecule has 0 aromatic heterocycles. The lowest BCUT2D eigenvalue weighted by molar-refractivity contribution is 0.137. The number of nitrogens with zero attached hydrogens (tertiary/aromatic N) is 1. The third-order valence-electron chi connectivity index (χ3n) is 0.485. The van der Waals surface area contributed by atoms with Gasteiger partial charge >= 0.3 is 11.6 Å². The van der Waals surface area contributed by atoms with Crippen molar-refractivity contribution in [1.29, 1.82) is 5.26 Å². The van der Waals surface area contributed by atoms with Crippen LogP contribution in [0.5, 0.6) is 0 Å². The van der Waals surface area contributed by atoms with Crippen molar-refractivity contribution in [2.24, 2.45) is 0 Å². The molecule has 0 unspecified atom stereocenters. The molecule has 2 N–H and O–H groups in total. The third-order valence-corrected chi connectivity index (χ3v) is 0.595. The number of rotatable bonds is 2. The van der Waals surface area contributed by atoms with Crippen molar-refractivity contribution in [1.82, 2.24) is 0 Å². The van der Waals surface area contributed by atoms with Gasteiger partial charge in [0.1, 0.15) is 6.61 Å². The summed E-state index contributed by atoms with van der Waals surface area (Å²) in [4.78, 5) is 18.4. The van der Waals surface area contributed by atoms with Crippen LogP contribution in [0, 0.1) is 11.3 Å². The maximum atomic E-state index is 9.83. The van der Waals surface area contributed by atoms with Crippen molar-refractivity contribution >= 4 is 23.2 Å².